The summed E-state index contributed by atoms with van der Waals surface area (Å²) in [6, 6.07) is 6.89. The lowest BCUT2D eigenvalue weighted by Gasteiger charge is -2.30. The number of alkyl halides is 2. The number of rotatable bonds is 7. The van der Waals surface area contributed by atoms with Crippen LogP contribution in [0.15, 0.2) is 30.5 Å². The molecule has 0 aromatic carbocycles. The molecule has 9 nitrogen and oxygen atoms in total. The van der Waals surface area contributed by atoms with Crippen LogP contribution < -0.4 is 10.6 Å². The van der Waals surface area contributed by atoms with Crippen LogP contribution in [0.25, 0.3) is 5.65 Å². The van der Waals surface area contributed by atoms with Gasteiger partial charge in [0.1, 0.15) is 22.9 Å². The number of anilines is 1. The molecule has 3 aromatic heterocycles. The van der Waals surface area contributed by atoms with E-state index in [1.165, 1.54) is 24.1 Å². The molecule has 0 atom stereocenters. The third kappa shape index (κ3) is 4.87. The standard InChI is InChI=1S/C23H28F2N6O3/c1-4-31-17(12-16(29-31)22(33)34-3)21(32)27-15-10-8-14(9-11-15)26-19-6-5-7-20-28-18(13-30(19)20)23(2,24)25/h5-7,12-15,26H,4,8-11H2,1-3H3,(H,27,32). The highest BCUT2D eigenvalue weighted by molar-refractivity contribution is 5.96. The predicted molar refractivity (Wildman–Crippen MR) is 121 cm³/mol. The van der Waals surface area contributed by atoms with Gasteiger partial charge in [0.15, 0.2) is 5.69 Å². The second-order valence-electron chi connectivity index (χ2n) is 8.54. The third-order valence-electron chi connectivity index (χ3n) is 6.06. The number of hydrogen-bond acceptors (Lipinski definition) is 6. The maximum atomic E-state index is 13.7. The SMILES string of the molecule is CCn1nc(C(=O)OC)cc1C(=O)NC1CCC(Nc2cccc3nc(C(C)(F)F)cn23)CC1. The van der Waals surface area contributed by atoms with Crippen LogP contribution in [-0.2, 0) is 17.2 Å². The minimum atomic E-state index is -3.01. The largest absolute Gasteiger partial charge is 0.464 e. The number of imidazole rings is 1. The Morgan fingerprint density at radius 3 is 2.56 bits per heavy atom. The molecule has 3 aromatic rings. The molecule has 1 aliphatic carbocycles. The Balaban J connectivity index is 1.37. The van der Waals surface area contributed by atoms with Crippen molar-refractivity contribution in [1.29, 1.82) is 0 Å². The van der Waals surface area contributed by atoms with Crippen LogP contribution in [0.5, 0.6) is 0 Å². The van der Waals surface area contributed by atoms with Gasteiger partial charge in [0, 0.05) is 37.8 Å². The Hall–Kier alpha value is -3.50. The van der Waals surface area contributed by atoms with Crippen LogP contribution in [0.2, 0.25) is 0 Å². The summed E-state index contributed by atoms with van der Waals surface area (Å²) in [6.45, 7) is 3.12. The van der Waals surface area contributed by atoms with E-state index in [0.29, 0.717) is 23.7 Å². The van der Waals surface area contributed by atoms with Crippen molar-refractivity contribution in [3.8, 4) is 0 Å². The molecule has 2 N–H and O–H groups in total. The van der Waals surface area contributed by atoms with Crippen molar-refractivity contribution in [2.75, 3.05) is 12.4 Å². The maximum absolute atomic E-state index is 13.7. The molecule has 1 amide bonds. The van der Waals surface area contributed by atoms with Crippen LogP contribution in [0, 0.1) is 0 Å². The number of halogens is 2. The van der Waals surface area contributed by atoms with Gasteiger partial charge in [-0.1, -0.05) is 6.07 Å². The molecule has 0 bridgehead atoms. The lowest BCUT2D eigenvalue weighted by atomic mass is 9.91. The minimum Gasteiger partial charge on any atom is -0.464 e. The lowest BCUT2D eigenvalue weighted by Crippen LogP contribution is -2.41. The molecule has 4 rings (SSSR count). The van der Waals surface area contributed by atoms with Crippen molar-refractivity contribution < 1.29 is 23.1 Å². The highest BCUT2D eigenvalue weighted by Crippen LogP contribution is 2.28. The number of esters is 1. The Morgan fingerprint density at radius 2 is 1.91 bits per heavy atom. The molecule has 182 valence electrons. The highest BCUT2D eigenvalue weighted by Gasteiger charge is 2.29. The number of aryl methyl sites for hydroxylation is 1. The van der Waals surface area contributed by atoms with Crippen molar-refractivity contribution in [3.63, 3.8) is 0 Å². The van der Waals surface area contributed by atoms with Crippen molar-refractivity contribution in [2.24, 2.45) is 0 Å². The van der Waals surface area contributed by atoms with Gasteiger partial charge in [-0.25, -0.2) is 9.78 Å². The third-order valence-corrected chi connectivity index (χ3v) is 6.06. The van der Waals surface area contributed by atoms with Gasteiger partial charge in [0.05, 0.1) is 7.11 Å². The van der Waals surface area contributed by atoms with E-state index >= 15 is 0 Å². The number of ether oxygens (including phenoxy) is 1. The summed E-state index contributed by atoms with van der Waals surface area (Å²) in [4.78, 5) is 28.6. The summed E-state index contributed by atoms with van der Waals surface area (Å²) in [5.41, 5.74) is 0.606. The van der Waals surface area contributed by atoms with Crippen molar-refractivity contribution in [1.82, 2.24) is 24.5 Å². The second kappa shape index (κ2) is 9.40. The van der Waals surface area contributed by atoms with Crippen LogP contribution >= 0.6 is 0 Å². The normalized spacial score (nSPS) is 18.6. The van der Waals surface area contributed by atoms with Crippen LogP contribution in [-0.4, -0.2) is 50.2 Å². The van der Waals surface area contributed by atoms with E-state index < -0.39 is 11.9 Å². The first-order valence-corrected chi connectivity index (χ1v) is 11.3. The van der Waals surface area contributed by atoms with Crippen molar-refractivity contribution >= 4 is 23.3 Å². The summed E-state index contributed by atoms with van der Waals surface area (Å²) in [7, 11) is 1.27. The number of methoxy groups -OCH3 is 1. The number of carbonyl (C=O) groups excluding carboxylic acids is 2. The molecule has 0 spiro atoms. The average molecular weight is 475 g/mol. The molecule has 1 fully saturated rings. The lowest BCUT2D eigenvalue weighted by molar-refractivity contribution is 0.0133. The summed E-state index contributed by atoms with van der Waals surface area (Å²) in [6.07, 6.45) is 4.47. The van der Waals surface area contributed by atoms with Gasteiger partial charge in [-0.2, -0.15) is 13.9 Å². The number of amides is 1. The first-order valence-electron chi connectivity index (χ1n) is 11.3. The van der Waals surface area contributed by atoms with E-state index in [1.807, 2.05) is 13.0 Å². The molecule has 0 aliphatic heterocycles. The molecule has 0 unspecified atom stereocenters. The van der Waals surface area contributed by atoms with Gasteiger partial charge < -0.3 is 15.4 Å². The van der Waals surface area contributed by atoms with Gasteiger partial charge >= 0.3 is 5.97 Å². The monoisotopic (exact) mass is 474 g/mol. The molecule has 34 heavy (non-hydrogen) atoms. The first-order chi connectivity index (χ1) is 16.2. The molecule has 1 saturated carbocycles. The van der Waals surface area contributed by atoms with Crippen molar-refractivity contribution in [2.45, 2.75) is 64.1 Å². The van der Waals surface area contributed by atoms with Gasteiger partial charge in [-0.05, 0) is 44.7 Å². The van der Waals surface area contributed by atoms with E-state index in [9.17, 15) is 18.4 Å². The fourth-order valence-electron chi connectivity index (χ4n) is 4.24. The van der Waals surface area contributed by atoms with Crippen LogP contribution in [0.4, 0.5) is 14.6 Å². The molecule has 3 heterocycles. The predicted octanol–water partition coefficient (Wildman–Crippen LogP) is 3.60. The number of nitrogens with zero attached hydrogens (tertiary/aromatic N) is 4. The van der Waals surface area contributed by atoms with Gasteiger partial charge in [-0.15, -0.1) is 0 Å². The fraction of sp³-hybridized carbons (Fsp3) is 0.478. The van der Waals surface area contributed by atoms with Gasteiger partial charge in [0.2, 0.25) is 0 Å². The summed E-state index contributed by atoms with van der Waals surface area (Å²) in [5, 5.41) is 10.6. The number of fused-ring (bicyclic) bond motifs is 1. The Kier molecular flexibility index (Phi) is 6.54. The zero-order valence-electron chi connectivity index (χ0n) is 19.3. The molecular formula is C23H28F2N6O3. The number of carbonyl (C=O) groups is 2. The minimum absolute atomic E-state index is 0.0123. The van der Waals surface area contributed by atoms with Gasteiger partial charge in [0.25, 0.3) is 11.8 Å². The van der Waals surface area contributed by atoms with E-state index in [1.54, 1.807) is 16.5 Å². The average Bonchev–Trinajstić information content (AvgIpc) is 3.45. The molecule has 0 radical (unpaired) electrons. The van der Waals surface area contributed by atoms with Crippen LogP contribution in [0.1, 0.15) is 66.2 Å². The fourth-order valence-corrected chi connectivity index (χ4v) is 4.24. The van der Waals surface area contributed by atoms with Crippen molar-refractivity contribution in [3.05, 3.63) is 47.5 Å². The van der Waals surface area contributed by atoms with E-state index in [2.05, 4.69) is 25.5 Å². The highest BCUT2D eigenvalue weighted by atomic mass is 19.3. The molecule has 1 aliphatic rings. The summed E-state index contributed by atoms with van der Waals surface area (Å²) < 4.78 is 35.2. The first kappa shape index (κ1) is 23.7. The summed E-state index contributed by atoms with van der Waals surface area (Å²) in [5.74, 6) is -3.17. The van der Waals surface area contributed by atoms with E-state index in [0.717, 1.165) is 32.6 Å². The topological polar surface area (TPSA) is 103 Å². The van der Waals surface area contributed by atoms with Gasteiger partial charge in [-0.3, -0.25) is 13.9 Å². The van der Waals surface area contributed by atoms with Crippen LogP contribution in [0.3, 0.4) is 0 Å². The second-order valence-corrected chi connectivity index (χ2v) is 8.54. The maximum Gasteiger partial charge on any atom is 0.358 e. The Morgan fingerprint density at radius 1 is 1.21 bits per heavy atom. The van der Waals surface area contributed by atoms with E-state index in [-0.39, 0.29) is 29.4 Å². The quantitative estimate of drug-likeness (QED) is 0.508. The summed E-state index contributed by atoms with van der Waals surface area (Å²) >= 11 is 0. The molecule has 11 heteroatoms. The zero-order valence-corrected chi connectivity index (χ0v) is 19.3. The Labute approximate surface area is 195 Å². The number of hydrogen-bond donors (Lipinski definition) is 2. The van der Waals surface area contributed by atoms with E-state index in [4.69, 9.17) is 0 Å². The zero-order chi connectivity index (χ0) is 24.5. The number of aromatic nitrogens is 4. The molecular weight excluding hydrogens is 446 g/mol. The molecule has 0 saturated heterocycles. The Bertz CT molecular complexity index is 1190. The smallest absolute Gasteiger partial charge is 0.358 e. The number of pyridine rings is 1. The number of nitrogens with one attached hydrogen (secondary N) is 2.